The summed E-state index contributed by atoms with van der Waals surface area (Å²) in [6, 6.07) is 2.72. The Morgan fingerprint density at radius 3 is 2.67 bits per heavy atom. The lowest BCUT2D eigenvalue weighted by Gasteiger charge is -2.08. The van der Waals surface area contributed by atoms with Crippen LogP contribution in [0.25, 0.3) is 0 Å². The summed E-state index contributed by atoms with van der Waals surface area (Å²) in [6.07, 6.45) is -3.73. The maximum atomic E-state index is 12.3. The van der Waals surface area contributed by atoms with Crippen molar-refractivity contribution in [2.24, 2.45) is 0 Å². The summed E-state index contributed by atoms with van der Waals surface area (Å²) in [7, 11) is 0. The molecule has 0 aliphatic heterocycles. The maximum absolute atomic E-state index is 12.3. The van der Waals surface area contributed by atoms with Gasteiger partial charge in [-0.3, -0.25) is 0 Å². The van der Waals surface area contributed by atoms with Crippen molar-refractivity contribution in [1.82, 2.24) is 4.98 Å². The van der Waals surface area contributed by atoms with Gasteiger partial charge in [0, 0.05) is 11.1 Å². The first-order chi connectivity index (χ1) is 6.99. The fraction of sp³-hybridized carbons (Fsp3) is 0.333. The number of rotatable bonds is 2. The SMILES string of the molecule is CCSc1cc(C(F)(F)F)cnc1C#N. The topological polar surface area (TPSA) is 36.7 Å². The minimum absolute atomic E-state index is 0.0369. The van der Waals surface area contributed by atoms with E-state index in [-0.39, 0.29) is 10.6 Å². The molecule has 0 amide bonds. The Kier molecular flexibility index (Phi) is 3.58. The summed E-state index contributed by atoms with van der Waals surface area (Å²) >= 11 is 1.17. The van der Waals surface area contributed by atoms with Crippen LogP contribution in [0.15, 0.2) is 17.2 Å². The molecule has 0 unspecified atom stereocenters. The average Bonchev–Trinajstić information content (AvgIpc) is 2.17. The lowest BCUT2D eigenvalue weighted by Crippen LogP contribution is -2.06. The fourth-order valence-corrected chi connectivity index (χ4v) is 1.71. The van der Waals surface area contributed by atoms with Gasteiger partial charge in [0.15, 0.2) is 5.69 Å². The highest BCUT2D eigenvalue weighted by Gasteiger charge is 2.31. The standard InChI is InChI=1S/C9H7F3N2S/c1-2-15-8-3-6(9(10,11)12)5-14-7(8)4-13/h3,5H,2H2,1H3. The summed E-state index contributed by atoms with van der Waals surface area (Å²) in [5.74, 6) is 0.595. The number of hydrogen-bond donors (Lipinski definition) is 0. The van der Waals surface area contributed by atoms with Gasteiger partial charge in [-0.1, -0.05) is 6.92 Å². The van der Waals surface area contributed by atoms with Gasteiger partial charge < -0.3 is 0 Å². The van der Waals surface area contributed by atoms with Crippen LogP contribution < -0.4 is 0 Å². The van der Waals surface area contributed by atoms with Crippen molar-refractivity contribution in [3.05, 3.63) is 23.5 Å². The van der Waals surface area contributed by atoms with E-state index < -0.39 is 11.7 Å². The molecule has 80 valence electrons. The van der Waals surface area contributed by atoms with Crippen molar-refractivity contribution in [3.63, 3.8) is 0 Å². The van der Waals surface area contributed by atoms with Crippen molar-refractivity contribution in [3.8, 4) is 6.07 Å². The largest absolute Gasteiger partial charge is 0.417 e. The van der Waals surface area contributed by atoms with Crippen molar-refractivity contribution in [2.45, 2.75) is 18.0 Å². The lowest BCUT2D eigenvalue weighted by molar-refractivity contribution is -0.138. The number of nitrogens with zero attached hydrogens (tertiary/aromatic N) is 2. The van der Waals surface area contributed by atoms with E-state index in [2.05, 4.69) is 4.98 Å². The summed E-state index contributed by atoms with van der Waals surface area (Å²) < 4.78 is 36.9. The second-order valence-electron chi connectivity index (χ2n) is 2.61. The van der Waals surface area contributed by atoms with Crippen LogP contribution in [0.2, 0.25) is 0 Å². The molecule has 1 aromatic rings. The normalized spacial score (nSPS) is 11.1. The zero-order valence-electron chi connectivity index (χ0n) is 7.80. The number of alkyl halides is 3. The van der Waals surface area contributed by atoms with E-state index in [0.29, 0.717) is 11.9 Å². The summed E-state index contributed by atoms with van der Waals surface area (Å²) in [5.41, 5.74) is -0.785. The van der Waals surface area contributed by atoms with Crippen molar-refractivity contribution >= 4 is 11.8 Å². The van der Waals surface area contributed by atoms with Gasteiger partial charge in [0.05, 0.1) is 5.56 Å². The molecule has 1 rings (SSSR count). The van der Waals surface area contributed by atoms with Crippen molar-refractivity contribution in [1.29, 1.82) is 5.26 Å². The van der Waals surface area contributed by atoms with Gasteiger partial charge in [-0.25, -0.2) is 4.98 Å². The molecular weight excluding hydrogens is 225 g/mol. The van der Waals surface area contributed by atoms with Crippen LogP contribution in [-0.2, 0) is 6.18 Å². The second-order valence-corrected chi connectivity index (χ2v) is 3.92. The quantitative estimate of drug-likeness (QED) is 0.735. The molecule has 0 bridgehead atoms. The third kappa shape index (κ3) is 2.86. The number of pyridine rings is 1. The van der Waals surface area contributed by atoms with E-state index in [1.54, 1.807) is 13.0 Å². The van der Waals surface area contributed by atoms with E-state index in [1.165, 1.54) is 11.8 Å². The first-order valence-corrected chi connectivity index (χ1v) is 5.07. The minimum atomic E-state index is -4.41. The predicted octanol–water partition coefficient (Wildman–Crippen LogP) is 3.08. The van der Waals surface area contributed by atoms with E-state index in [0.717, 1.165) is 6.07 Å². The van der Waals surface area contributed by atoms with E-state index >= 15 is 0 Å². The Morgan fingerprint density at radius 2 is 2.20 bits per heavy atom. The maximum Gasteiger partial charge on any atom is 0.417 e. The van der Waals surface area contributed by atoms with Gasteiger partial charge in [0.1, 0.15) is 6.07 Å². The van der Waals surface area contributed by atoms with Crippen LogP contribution in [0.5, 0.6) is 0 Å². The van der Waals surface area contributed by atoms with E-state index in [1.807, 2.05) is 0 Å². The molecule has 0 saturated heterocycles. The van der Waals surface area contributed by atoms with E-state index in [9.17, 15) is 13.2 Å². The predicted molar refractivity (Wildman–Crippen MR) is 50.4 cm³/mol. The van der Waals surface area contributed by atoms with Gasteiger partial charge >= 0.3 is 6.18 Å². The molecule has 0 N–H and O–H groups in total. The Bertz CT molecular complexity index is 395. The molecule has 0 aliphatic rings. The molecule has 6 heteroatoms. The zero-order valence-corrected chi connectivity index (χ0v) is 8.61. The molecule has 0 aliphatic carbocycles. The molecule has 2 nitrogen and oxygen atoms in total. The average molecular weight is 232 g/mol. The third-order valence-electron chi connectivity index (χ3n) is 1.59. The van der Waals surface area contributed by atoms with Crippen LogP contribution in [0.4, 0.5) is 13.2 Å². The molecule has 15 heavy (non-hydrogen) atoms. The highest BCUT2D eigenvalue weighted by molar-refractivity contribution is 7.99. The highest BCUT2D eigenvalue weighted by atomic mass is 32.2. The second kappa shape index (κ2) is 4.53. The minimum Gasteiger partial charge on any atom is -0.244 e. The van der Waals surface area contributed by atoms with Gasteiger partial charge in [0.25, 0.3) is 0 Å². The lowest BCUT2D eigenvalue weighted by atomic mass is 10.2. The van der Waals surface area contributed by atoms with Crippen molar-refractivity contribution < 1.29 is 13.2 Å². The molecule has 0 spiro atoms. The molecular formula is C9H7F3N2S. The van der Waals surface area contributed by atoms with Crippen LogP contribution in [0.3, 0.4) is 0 Å². The summed E-state index contributed by atoms with van der Waals surface area (Å²) in [5, 5.41) is 8.63. The number of thioether (sulfide) groups is 1. The molecule has 1 aromatic heterocycles. The molecule has 0 fully saturated rings. The Labute approximate surface area is 89.1 Å². The monoisotopic (exact) mass is 232 g/mol. The molecule has 0 saturated carbocycles. The fourth-order valence-electron chi connectivity index (χ4n) is 0.949. The first-order valence-electron chi connectivity index (χ1n) is 4.09. The number of halogens is 3. The van der Waals surface area contributed by atoms with Gasteiger partial charge in [0.2, 0.25) is 0 Å². The smallest absolute Gasteiger partial charge is 0.244 e. The third-order valence-corrected chi connectivity index (χ3v) is 2.50. The van der Waals surface area contributed by atoms with Crippen molar-refractivity contribution in [2.75, 3.05) is 5.75 Å². The highest BCUT2D eigenvalue weighted by Crippen LogP contribution is 2.32. The van der Waals surface area contributed by atoms with Crippen LogP contribution in [0, 0.1) is 11.3 Å². The number of nitriles is 1. The number of aromatic nitrogens is 1. The Hall–Kier alpha value is -1.22. The van der Waals surface area contributed by atoms with Gasteiger partial charge in [-0.15, -0.1) is 11.8 Å². The number of hydrogen-bond acceptors (Lipinski definition) is 3. The van der Waals surface area contributed by atoms with Crippen LogP contribution in [-0.4, -0.2) is 10.7 Å². The molecule has 0 radical (unpaired) electrons. The van der Waals surface area contributed by atoms with Gasteiger partial charge in [-0.2, -0.15) is 18.4 Å². The summed E-state index contributed by atoms with van der Waals surface area (Å²) in [6.45, 7) is 1.80. The first kappa shape index (κ1) is 11.9. The van der Waals surface area contributed by atoms with Crippen LogP contribution in [0.1, 0.15) is 18.2 Å². The molecule has 0 atom stereocenters. The Balaban J connectivity index is 3.17. The van der Waals surface area contributed by atoms with Gasteiger partial charge in [-0.05, 0) is 11.8 Å². The molecule has 0 aromatic carbocycles. The van der Waals surface area contributed by atoms with Crippen LogP contribution >= 0.6 is 11.8 Å². The summed E-state index contributed by atoms with van der Waals surface area (Å²) in [4.78, 5) is 3.75. The molecule has 1 heterocycles. The zero-order chi connectivity index (χ0) is 11.5. The van der Waals surface area contributed by atoms with E-state index in [4.69, 9.17) is 5.26 Å². The Morgan fingerprint density at radius 1 is 1.53 bits per heavy atom.